The van der Waals surface area contributed by atoms with Gasteiger partial charge in [0.1, 0.15) is 5.56 Å². The molecule has 0 aliphatic carbocycles. The van der Waals surface area contributed by atoms with Crippen LogP contribution in [0.1, 0.15) is 21.6 Å². The Hall–Kier alpha value is -2.06. The number of carbonyl (C=O) groups excluding carboxylic acids is 1. The monoisotopic (exact) mass is 357 g/mol. The van der Waals surface area contributed by atoms with Gasteiger partial charge in [-0.15, -0.1) is 0 Å². The molecular weight excluding hydrogens is 342 g/mol. The zero-order valence-corrected chi connectivity index (χ0v) is 14.6. The first-order valence-corrected chi connectivity index (χ1v) is 8.84. The lowest BCUT2D eigenvalue weighted by molar-refractivity contribution is 0.103. The summed E-state index contributed by atoms with van der Waals surface area (Å²) in [5.74, 6) is -0.809. The highest BCUT2D eigenvalue weighted by molar-refractivity contribution is 7.90. The summed E-state index contributed by atoms with van der Waals surface area (Å²) >= 11 is 6.22. The van der Waals surface area contributed by atoms with Crippen LogP contribution in [0.15, 0.2) is 17.0 Å². The van der Waals surface area contributed by atoms with E-state index in [0.717, 1.165) is 6.26 Å². The molecule has 0 amide bonds. The van der Waals surface area contributed by atoms with Crippen LogP contribution in [0.5, 0.6) is 5.88 Å². The van der Waals surface area contributed by atoms with Crippen LogP contribution >= 0.6 is 11.6 Å². The third-order valence-corrected chi connectivity index (χ3v) is 4.95. The van der Waals surface area contributed by atoms with E-state index in [0.29, 0.717) is 5.69 Å². The fourth-order valence-electron chi connectivity index (χ4n) is 2.32. The Balaban J connectivity index is 2.68. The Labute approximate surface area is 138 Å². The van der Waals surface area contributed by atoms with Gasteiger partial charge in [-0.2, -0.15) is 5.10 Å². The lowest BCUT2D eigenvalue weighted by atomic mass is 10.0. The van der Waals surface area contributed by atoms with Gasteiger partial charge in [-0.3, -0.25) is 4.79 Å². The number of aryl methyl sites for hydroxylation is 2. The average molecular weight is 358 g/mol. The summed E-state index contributed by atoms with van der Waals surface area (Å²) in [4.78, 5) is 12.7. The second-order valence-electron chi connectivity index (χ2n) is 5.06. The lowest BCUT2D eigenvalue weighted by Crippen LogP contribution is -2.09. The lowest BCUT2D eigenvalue weighted by Gasteiger charge is -2.13. The number of benzene rings is 1. The normalized spacial score (nSPS) is 11.5. The zero-order valence-electron chi connectivity index (χ0n) is 13.0. The van der Waals surface area contributed by atoms with E-state index in [-0.39, 0.29) is 32.6 Å². The SMILES string of the molecule is CNc1c(S(C)(=O)=O)ccc(C(=O)c2c(C)nn(C)c2O)c1Cl. The number of carbonyl (C=O) groups is 1. The van der Waals surface area contributed by atoms with Crippen molar-refractivity contribution >= 4 is 32.9 Å². The van der Waals surface area contributed by atoms with E-state index in [4.69, 9.17) is 11.6 Å². The third-order valence-electron chi connectivity index (χ3n) is 3.42. The number of halogens is 1. The van der Waals surface area contributed by atoms with Crippen LogP contribution in [0.25, 0.3) is 0 Å². The van der Waals surface area contributed by atoms with Crippen molar-refractivity contribution in [2.24, 2.45) is 7.05 Å². The molecule has 2 N–H and O–H groups in total. The highest BCUT2D eigenvalue weighted by Crippen LogP contribution is 2.35. The molecule has 1 heterocycles. The Morgan fingerprint density at radius 1 is 1.39 bits per heavy atom. The summed E-state index contributed by atoms with van der Waals surface area (Å²) in [6.45, 7) is 1.59. The smallest absolute Gasteiger partial charge is 0.220 e. The van der Waals surface area contributed by atoms with E-state index in [1.807, 2.05) is 0 Å². The molecule has 2 rings (SSSR count). The van der Waals surface area contributed by atoms with Crippen LogP contribution in [-0.2, 0) is 16.9 Å². The van der Waals surface area contributed by atoms with Crippen LogP contribution in [-0.4, -0.2) is 42.4 Å². The van der Waals surface area contributed by atoms with Gasteiger partial charge in [0.05, 0.1) is 21.3 Å². The van der Waals surface area contributed by atoms with E-state index >= 15 is 0 Å². The van der Waals surface area contributed by atoms with Gasteiger partial charge in [0.25, 0.3) is 0 Å². The number of aromatic nitrogens is 2. The highest BCUT2D eigenvalue weighted by Gasteiger charge is 2.26. The molecule has 0 atom stereocenters. The quantitative estimate of drug-likeness (QED) is 0.808. The molecule has 1 aromatic carbocycles. The van der Waals surface area contributed by atoms with Gasteiger partial charge in [0, 0.05) is 25.9 Å². The first-order valence-electron chi connectivity index (χ1n) is 6.57. The number of hydrogen-bond acceptors (Lipinski definition) is 6. The second-order valence-corrected chi connectivity index (χ2v) is 7.42. The Morgan fingerprint density at radius 3 is 2.43 bits per heavy atom. The first-order chi connectivity index (χ1) is 10.6. The van der Waals surface area contributed by atoms with Gasteiger partial charge in [-0.1, -0.05) is 11.6 Å². The van der Waals surface area contributed by atoms with Crippen LogP contribution in [0.4, 0.5) is 5.69 Å². The maximum absolute atomic E-state index is 12.7. The zero-order chi connectivity index (χ0) is 17.5. The molecule has 124 valence electrons. The van der Waals surface area contributed by atoms with Gasteiger partial charge < -0.3 is 10.4 Å². The predicted molar refractivity (Wildman–Crippen MR) is 87.2 cm³/mol. The Kier molecular flexibility index (Phi) is 4.41. The van der Waals surface area contributed by atoms with Gasteiger partial charge in [-0.05, 0) is 19.1 Å². The molecule has 0 spiro atoms. The molecule has 0 bridgehead atoms. The summed E-state index contributed by atoms with van der Waals surface area (Å²) in [5, 5.41) is 16.6. The van der Waals surface area contributed by atoms with Crippen LogP contribution in [0.2, 0.25) is 5.02 Å². The molecule has 0 unspecified atom stereocenters. The number of ketones is 1. The number of hydrogen-bond donors (Lipinski definition) is 2. The van der Waals surface area contributed by atoms with E-state index in [2.05, 4.69) is 10.4 Å². The van der Waals surface area contributed by atoms with Crippen molar-refractivity contribution in [2.75, 3.05) is 18.6 Å². The maximum Gasteiger partial charge on any atom is 0.220 e. The van der Waals surface area contributed by atoms with E-state index in [1.165, 1.54) is 30.9 Å². The number of anilines is 1. The van der Waals surface area contributed by atoms with E-state index in [9.17, 15) is 18.3 Å². The summed E-state index contributed by atoms with van der Waals surface area (Å²) in [5.41, 5.74) is 0.601. The molecule has 7 nitrogen and oxygen atoms in total. The fourth-order valence-corrected chi connectivity index (χ4v) is 3.61. The number of aromatic hydroxyl groups is 1. The predicted octanol–water partition coefficient (Wildman–Crippen LogP) is 1.76. The van der Waals surface area contributed by atoms with Crippen LogP contribution < -0.4 is 5.32 Å². The van der Waals surface area contributed by atoms with Gasteiger partial charge in [-0.25, -0.2) is 13.1 Å². The van der Waals surface area contributed by atoms with Crippen molar-refractivity contribution in [3.05, 3.63) is 34.0 Å². The molecule has 0 saturated heterocycles. The number of rotatable bonds is 4. The van der Waals surface area contributed by atoms with E-state index in [1.54, 1.807) is 6.92 Å². The average Bonchev–Trinajstić information content (AvgIpc) is 2.70. The summed E-state index contributed by atoms with van der Waals surface area (Å²) < 4.78 is 24.8. The Bertz CT molecular complexity index is 903. The van der Waals surface area contributed by atoms with Gasteiger partial charge in [0.2, 0.25) is 11.7 Å². The van der Waals surface area contributed by atoms with Crippen molar-refractivity contribution in [1.29, 1.82) is 0 Å². The molecule has 9 heteroatoms. The van der Waals surface area contributed by atoms with Gasteiger partial charge >= 0.3 is 0 Å². The topological polar surface area (TPSA) is 101 Å². The second kappa shape index (κ2) is 5.86. The largest absolute Gasteiger partial charge is 0.493 e. The molecule has 23 heavy (non-hydrogen) atoms. The summed E-state index contributed by atoms with van der Waals surface area (Å²) in [6, 6.07) is 2.64. The summed E-state index contributed by atoms with van der Waals surface area (Å²) in [6.07, 6.45) is 1.05. The fraction of sp³-hybridized carbons (Fsp3) is 0.286. The minimum absolute atomic E-state index is 0.00585. The van der Waals surface area contributed by atoms with Crippen molar-refractivity contribution in [1.82, 2.24) is 9.78 Å². The van der Waals surface area contributed by atoms with Crippen molar-refractivity contribution in [3.8, 4) is 5.88 Å². The Morgan fingerprint density at radius 2 is 2.00 bits per heavy atom. The molecule has 1 aromatic heterocycles. The minimum atomic E-state index is -3.51. The van der Waals surface area contributed by atoms with Crippen molar-refractivity contribution in [2.45, 2.75) is 11.8 Å². The number of nitrogens with zero attached hydrogens (tertiary/aromatic N) is 2. The molecule has 0 aliphatic rings. The maximum atomic E-state index is 12.7. The molecular formula is C14H16ClN3O4S. The highest BCUT2D eigenvalue weighted by atomic mass is 35.5. The van der Waals surface area contributed by atoms with Gasteiger partial charge in [0.15, 0.2) is 9.84 Å². The van der Waals surface area contributed by atoms with E-state index < -0.39 is 15.6 Å². The van der Waals surface area contributed by atoms with Crippen LogP contribution in [0.3, 0.4) is 0 Å². The first kappa shape index (κ1) is 17.3. The number of nitrogens with one attached hydrogen (secondary N) is 1. The van der Waals surface area contributed by atoms with Crippen molar-refractivity contribution in [3.63, 3.8) is 0 Å². The standard InChI is InChI=1S/C14H16ClN3O4S/c1-7-10(14(20)18(3)17-7)13(19)8-5-6-9(23(4,21)22)12(16-2)11(8)15/h5-6,16,20H,1-4H3. The van der Waals surface area contributed by atoms with Crippen molar-refractivity contribution < 1.29 is 18.3 Å². The molecule has 0 radical (unpaired) electrons. The summed E-state index contributed by atoms with van der Waals surface area (Å²) in [7, 11) is -0.494. The molecule has 0 aliphatic heterocycles. The number of sulfone groups is 1. The molecule has 0 fully saturated rings. The molecule has 0 saturated carbocycles. The van der Waals surface area contributed by atoms with Crippen LogP contribution in [0, 0.1) is 6.92 Å². The minimum Gasteiger partial charge on any atom is -0.493 e. The molecule has 2 aromatic rings. The third kappa shape index (κ3) is 2.91.